The lowest BCUT2D eigenvalue weighted by Crippen LogP contribution is -2.59. The maximum Gasteiger partial charge on any atom is 0.136 e. The third-order valence-electron chi connectivity index (χ3n) is 7.91. The quantitative estimate of drug-likeness (QED) is 0.776. The van der Waals surface area contributed by atoms with E-state index < -0.39 is 0 Å². The molecule has 1 aliphatic heterocycles. The second-order valence-electron chi connectivity index (χ2n) is 8.76. The molecule has 126 valence electrons. The van der Waals surface area contributed by atoms with Crippen LogP contribution in [0.1, 0.15) is 58.9 Å². The van der Waals surface area contributed by atoms with Crippen molar-refractivity contribution in [2.75, 3.05) is 0 Å². The van der Waals surface area contributed by atoms with Gasteiger partial charge in [0.25, 0.3) is 0 Å². The summed E-state index contributed by atoms with van der Waals surface area (Å²) in [4.78, 5) is 12.9. The summed E-state index contributed by atoms with van der Waals surface area (Å²) in [6.07, 6.45) is 9.01. The Balaban J connectivity index is 1.67. The van der Waals surface area contributed by atoms with Gasteiger partial charge in [0.2, 0.25) is 0 Å². The van der Waals surface area contributed by atoms with Crippen LogP contribution in [0.3, 0.4) is 0 Å². The van der Waals surface area contributed by atoms with Crippen LogP contribution in [-0.4, -0.2) is 17.5 Å². The lowest BCUT2D eigenvalue weighted by molar-refractivity contribution is -0.152. The number of epoxide rings is 1. The SMILES string of the molecule is CC1C(=O)CC2(C)C(CCC3OC32C)C1(C)CCc1ccoc1. The molecule has 3 nitrogen and oxygen atoms in total. The van der Waals surface area contributed by atoms with Gasteiger partial charge in [-0.15, -0.1) is 0 Å². The van der Waals surface area contributed by atoms with Crippen LogP contribution in [-0.2, 0) is 16.0 Å². The zero-order chi connectivity index (χ0) is 16.5. The molecule has 0 amide bonds. The molecule has 2 aliphatic carbocycles. The van der Waals surface area contributed by atoms with Gasteiger partial charge >= 0.3 is 0 Å². The van der Waals surface area contributed by atoms with E-state index in [0.29, 0.717) is 24.2 Å². The highest BCUT2D eigenvalue weighted by molar-refractivity contribution is 5.83. The molecule has 3 aliphatic rings. The van der Waals surface area contributed by atoms with Crippen LogP contribution >= 0.6 is 0 Å². The molecule has 0 aromatic carbocycles. The maximum atomic E-state index is 12.9. The number of Topliss-reactive ketones (excluding diaryl/α,β-unsaturated/α-hetero) is 1. The van der Waals surface area contributed by atoms with Crippen LogP contribution in [0.2, 0.25) is 0 Å². The van der Waals surface area contributed by atoms with E-state index in [9.17, 15) is 4.79 Å². The van der Waals surface area contributed by atoms with Crippen molar-refractivity contribution in [2.45, 2.75) is 71.5 Å². The van der Waals surface area contributed by atoms with Crippen LogP contribution < -0.4 is 0 Å². The van der Waals surface area contributed by atoms with E-state index in [1.807, 2.05) is 12.3 Å². The molecule has 4 rings (SSSR count). The molecule has 0 N–H and O–H groups in total. The Morgan fingerprint density at radius 1 is 1.26 bits per heavy atom. The largest absolute Gasteiger partial charge is 0.472 e. The Labute approximate surface area is 138 Å². The summed E-state index contributed by atoms with van der Waals surface area (Å²) in [6, 6.07) is 2.04. The summed E-state index contributed by atoms with van der Waals surface area (Å²) in [5, 5.41) is 0. The predicted molar refractivity (Wildman–Crippen MR) is 88.0 cm³/mol. The molecular weight excluding hydrogens is 288 g/mol. The van der Waals surface area contributed by atoms with E-state index in [1.54, 1.807) is 6.26 Å². The highest BCUT2D eigenvalue weighted by Crippen LogP contribution is 2.69. The van der Waals surface area contributed by atoms with Crippen LogP contribution in [0.15, 0.2) is 23.0 Å². The van der Waals surface area contributed by atoms with Crippen molar-refractivity contribution < 1.29 is 13.9 Å². The molecule has 6 unspecified atom stereocenters. The minimum absolute atomic E-state index is 0.00927. The fourth-order valence-electron chi connectivity index (χ4n) is 5.86. The lowest BCUT2D eigenvalue weighted by Gasteiger charge is -2.58. The summed E-state index contributed by atoms with van der Waals surface area (Å²) in [6.45, 7) is 9.06. The molecule has 2 heterocycles. The molecule has 3 fully saturated rings. The number of ketones is 1. The molecule has 2 saturated carbocycles. The van der Waals surface area contributed by atoms with Crippen molar-refractivity contribution in [1.82, 2.24) is 0 Å². The number of rotatable bonds is 3. The molecule has 1 saturated heterocycles. The maximum absolute atomic E-state index is 12.9. The second-order valence-corrected chi connectivity index (χ2v) is 8.76. The molecule has 0 spiro atoms. The number of fused-ring (bicyclic) bond motifs is 3. The zero-order valence-corrected chi connectivity index (χ0v) is 14.7. The highest BCUT2D eigenvalue weighted by atomic mass is 16.6. The fourth-order valence-corrected chi connectivity index (χ4v) is 5.86. The predicted octanol–water partition coefficient (Wildman–Crippen LogP) is 4.40. The third kappa shape index (κ3) is 1.95. The van der Waals surface area contributed by atoms with Crippen molar-refractivity contribution >= 4 is 5.78 Å². The van der Waals surface area contributed by atoms with Gasteiger partial charge in [-0.3, -0.25) is 4.79 Å². The van der Waals surface area contributed by atoms with Crippen molar-refractivity contribution in [1.29, 1.82) is 0 Å². The van der Waals surface area contributed by atoms with Gasteiger partial charge in [0.1, 0.15) is 5.78 Å². The highest BCUT2D eigenvalue weighted by Gasteiger charge is 2.72. The number of aryl methyl sites for hydroxylation is 1. The van der Waals surface area contributed by atoms with Crippen molar-refractivity contribution in [2.24, 2.45) is 22.7 Å². The van der Waals surface area contributed by atoms with E-state index in [2.05, 4.69) is 27.7 Å². The second kappa shape index (κ2) is 4.72. The molecular formula is C20H28O3. The summed E-state index contributed by atoms with van der Waals surface area (Å²) in [5.74, 6) is 1.11. The Morgan fingerprint density at radius 3 is 2.74 bits per heavy atom. The standard InChI is InChI=1S/C20H28O3/c1-13-15(21)11-19(3)16(5-6-17-20(19,4)23-17)18(13,2)9-7-14-8-10-22-12-14/h8,10,12-13,16-17H,5-7,9,11H2,1-4H3. The van der Waals surface area contributed by atoms with E-state index in [4.69, 9.17) is 9.15 Å². The van der Waals surface area contributed by atoms with Crippen molar-refractivity contribution in [3.8, 4) is 0 Å². The summed E-state index contributed by atoms with van der Waals surface area (Å²) < 4.78 is 11.3. The first-order chi connectivity index (χ1) is 10.8. The van der Waals surface area contributed by atoms with E-state index in [0.717, 1.165) is 19.3 Å². The summed E-state index contributed by atoms with van der Waals surface area (Å²) in [5.41, 5.74) is 1.19. The van der Waals surface area contributed by atoms with Crippen LogP contribution in [0.4, 0.5) is 0 Å². The topological polar surface area (TPSA) is 42.7 Å². The Kier molecular flexibility index (Phi) is 3.17. The van der Waals surface area contributed by atoms with Gasteiger partial charge in [0.05, 0.1) is 24.2 Å². The average Bonchev–Trinajstić information content (AvgIpc) is 2.96. The third-order valence-corrected chi connectivity index (χ3v) is 7.91. The van der Waals surface area contributed by atoms with E-state index in [-0.39, 0.29) is 22.3 Å². The van der Waals surface area contributed by atoms with Crippen LogP contribution in [0, 0.1) is 22.7 Å². The van der Waals surface area contributed by atoms with Gasteiger partial charge in [-0.2, -0.15) is 0 Å². The number of carbonyl (C=O) groups is 1. The van der Waals surface area contributed by atoms with Crippen molar-refractivity contribution in [3.63, 3.8) is 0 Å². The van der Waals surface area contributed by atoms with Gasteiger partial charge < -0.3 is 9.15 Å². The average molecular weight is 316 g/mol. The number of hydrogen-bond donors (Lipinski definition) is 0. The van der Waals surface area contributed by atoms with Crippen LogP contribution in [0.25, 0.3) is 0 Å². The fraction of sp³-hybridized carbons (Fsp3) is 0.750. The first kappa shape index (κ1) is 15.4. The normalized spacial score (nSPS) is 48.7. The van der Waals surface area contributed by atoms with Gasteiger partial charge in [-0.25, -0.2) is 0 Å². The summed E-state index contributed by atoms with van der Waals surface area (Å²) in [7, 11) is 0. The zero-order valence-electron chi connectivity index (χ0n) is 14.7. The lowest BCUT2D eigenvalue weighted by atomic mass is 9.44. The molecule has 6 atom stereocenters. The van der Waals surface area contributed by atoms with Gasteiger partial charge in [0, 0.05) is 17.8 Å². The Morgan fingerprint density at radius 2 is 2.04 bits per heavy atom. The Bertz CT molecular complexity index is 621. The first-order valence-corrected chi connectivity index (χ1v) is 9.03. The molecule has 0 radical (unpaired) electrons. The van der Waals surface area contributed by atoms with Crippen molar-refractivity contribution in [3.05, 3.63) is 24.2 Å². The molecule has 3 heteroatoms. The number of furan rings is 1. The van der Waals surface area contributed by atoms with E-state index >= 15 is 0 Å². The monoisotopic (exact) mass is 316 g/mol. The number of carbonyl (C=O) groups excluding carboxylic acids is 1. The van der Waals surface area contributed by atoms with E-state index in [1.165, 1.54) is 12.0 Å². The van der Waals surface area contributed by atoms with Gasteiger partial charge in [0.15, 0.2) is 0 Å². The summed E-state index contributed by atoms with van der Waals surface area (Å²) >= 11 is 0. The first-order valence-electron chi connectivity index (χ1n) is 9.03. The molecule has 0 bridgehead atoms. The number of ether oxygens (including phenoxy) is 1. The minimum Gasteiger partial charge on any atom is -0.472 e. The minimum atomic E-state index is -0.0807. The molecule has 1 aromatic heterocycles. The molecule has 1 aromatic rings. The van der Waals surface area contributed by atoms with Gasteiger partial charge in [-0.05, 0) is 55.6 Å². The number of hydrogen-bond acceptors (Lipinski definition) is 3. The Hall–Kier alpha value is -1.09. The molecule has 23 heavy (non-hydrogen) atoms. The smallest absolute Gasteiger partial charge is 0.136 e. The van der Waals surface area contributed by atoms with Crippen LogP contribution in [0.5, 0.6) is 0 Å². The van der Waals surface area contributed by atoms with Gasteiger partial charge in [-0.1, -0.05) is 20.8 Å².